The molecule has 19 heavy (non-hydrogen) atoms. The number of hydrogen-bond donors (Lipinski definition) is 3. The maximum absolute atomic E-state index is 11.9. The summed E-state index contributed by atoms with van der Waals surface area (Å²) >= 11 is 1.38. The number of rotatable bonds is 6. The van der Waals surface area contributed by atoms with E-state index in [4.69, 9.17) is 5.11 Å². The van der Waals surface area contributed by atoms with Crippen LogP contribution in [0.4, 0.5) is 0 Å². The lowest BCUT2D eigenvalue weighted by Crippen LogP contribution is -2.46. The molecule has 0 bridgehead atoms. The van der Waals surface area contributed by atoms with Crippen LogP contribution in [0.1, 0.15) is 40.4 Å². The van der Waals surface area contributed by atoms with E-state index in [1.807, 2.05) is 13.0 Å². The topological polar surface area (TPSA) is 86.6 Å². The molecule has 1 rings (SSSR count). The summed E-state index contributed by atoms with van der Waals surface area (Å²) in [6.45, 7) is 4.86. The van der Waals surface area contributed by atoms with Gasteiger partial charge in [0.2, 0.25) is 0 Å². The Bertz CT molecular complexity index is 479. The number of thiophene rings is 1. The number of carbonyl (C=O) groups excluding carboxylic acids is 1. The van der Waals surface area contributed by atoms with Gasteiger partial charge in [-0.15, -0.1) is 11.3 Å². The van der Waals surface area contributed by atoms with Crippen LogP contribution in [0, 0.1) is 6.92 Å². The fourth-order valence-corrected chi connectivity index (χ4v) is 2.55. The zero-order valence-electron chi connectivity index (χ0n) is 11.3. The van der Waals surface area contributed by atoms with Crippen molar-refractivity contribution < 1.29 is 19.8 Å². The van der Waals surface area contributed by atoms with E-state index in [9.17, 15) is 14.7 Å². The maximum atomic E-state index is 11.9. The highest BCUT2D eigenvalue weighted by molar-refractivity contribution is 7.14. The first-order chi connectivity index (χ1) is 8.77. The minimum Gasteiger partial charge on any atom is -0.479 e. The van der Waals surface area contributed by atoms with Crippen molar-refractivity contribution in [2.75, 3.05) is 6.54 Å². The van der Waals surface area contributed by atoms with Gasteiger partial charge in [0.15, 0.2) is 5.60 Å². The van der Waals surface area contributed by atoms with Gasteiger partial charge in [0.25, 0.3) is 5.91 Å². The van der Waals surface area contributed by atoms with Crippen molar-refractivity contribution in [1.82, 2.24) is 5.32 Å². The monoisotopic (exact) mass is 285 g/mol. The average Bonchev–Trinajstić information content (AvgIpc) is 2.68. The highest BCUT2D eigenvalue weighted by Gasteiger charge is 2.30. The molecule has 0 aliphatic heterocycles. The molecule has 0 saturated heterocycles. The van der Waals surface area contributed by atoms with E-state index >= 15 is 0 Å². The van der Waals surface area contributed by atoms with Crippen molar-refractivity contribution in [3.63, 3.8) is 0 Å². The van der Waals surface area contributed by atoms with Crippen LogP contribution >= 0.6 is 11.3 Å². The Kier molecular flexibility index (Phi) is 5.08. The van der Waals surface area contributed by atoms with Gasteiger partial charge in [0.1, 0.15) is 0 Å². The van der Waals surface area contributed by atoms with E-state index in [0.29, 0.717) is 4.88 Å². The summed E-state index contributed by atoms with van der Waals surface area (Å²) in [7, 11) is 0. The van der Waals surface area contributed by atoms with Crippen LogP contribution in [0.15, 0.2) is 6.07 Å². The molecule has 1 aromatic heterocycles. The molecule has 6 heteroatoms. The second-order valence-electron chi connectivity index (χ2n) is 4.70. The van der Waals surface area contributed by atoms with E-state index in [1.54, 1.807) is 0 Å². The summed E-state index contributed by atoms with van der Waals surface area (Å²) in [6.07, 6.45) is 1.93. The molecular formula is C13H19NO4S. The molecule has 0 radical (unpaired) electrons. The van der Waals surface area contributed by atoms with Gasteiger partial charge < -0.3 is 15.5 Å². The smallest absolute Gasteiger partial charge is 0.337 e. The van der Waals surface area contributed by atoms with Gasteiger partial charge in [0, 0.05) is 4.88 Å². The summed E-state index contributed by atoms with van der Waals surface area (Å²) in [4.78, 5) is 24.2. The van der Waals surface area contributed by atoms with Gasteiger partial charge in [-0.1, -0.05) is 13.3 Å². The zero-order valence-corrected chi connectivity index (χ0v) is 12.1. The Morgan fingerprint density at radius 3 is 2.63 bits per heavy atom. The van der Waals surface area contributed by atoms with Crippen molar-refractivity contribution in [3.8, 4) is 0 Å². The van der Waals surface area contributed by atoms with Crippen LogP contribution in [-0.4, -0.2) is 34.2 Å². The number of hydrogen-bond acceptors (Lipinski definition) is 4. The van der Waals surface area contributed by atoms with Crippen molar-refractivity contribution in [1.29, 1.82) is 0 Å². The molecule has 106 valence electrons. The molecular weight excluding hydrogens is 266 g/mol. The number of carboxylic acids is 1. The van der Waals surface area contributed by atoms with Crippen LogP contribution in [0.5, 0.6) is 0 Å². The molecule has 0 aliphatic carbocycles. The standard InChI is InChI=1S/C13H19NO4S/c1-4-5-9-6-10(19-8(9)2)11(15)14-7-13(3,18)12(16)17/h6,18H,4-5,7H2,1-3H3,(H,14,15)(H,16,17). The fraction of sp³-hybridized carbons (Fsp3) is 0.538. The van der Waals surface area contributed by atoms with Crippen molar-refractivity contribution >= 4 is 23.2 Å². The Balaban J connectivity index is 2.69. The predicted octanol–water partition coefficient (Wildman–Crippen LogP) is 1.57. The average molecular weight is 285 g/mol. The molecule has 0 saturated carbocycles. The lowest BCUT2D eigenvalue weighted by atomic mass is 10.1. The number of amides is 1. The molecule has 3 N–H and O–H groups in total. The fourth-order valence-electron chi connectivity index (χ4n) is 1.56. The Morgan fingerprint density at radius 2 is 2.11 bits per heavy atom. The van der Waals surface area contributed by atoms with E-state index in [-0.39, 0.29) is 12.5 Å². The molecule has 1 amide bonds. The molecule has 0 aliphatic rings. The Labute approximate surface area is 116 Å². The number of aliphatic hydroxyl groups is 1. The number of aryl methyl sites for hydroxylation is 2. The van der Waals surface area contributed by atoms with Gasteiger partial charge >= 0.3 is 5.97 Å². The summed E-state index contributed by atoms with van der Waals surface area (Å²) < 4.78 is 0. The number of aliphatic carboxylic acids is 1. The van der Waals surface area contributed by atoms with Crippen LogP contribution in [-0.2, 0) is 11.2 Å². The minimum atomic E-state index is -1.95. The van der Waals surface area contributed by atoms with E-state index in [0.717, 1.165) is 30.2 Å². The first-order valence-electron chi connectivity index (χ1n) is 6.11. The zero-order chi connectivity index (χ0) is 14.6. The lowest BCUT2D eigenvalue weighted by Gasteiger charge is -2.17. The lowest BCUT2D eigenvalue weighted by molar-refractivity contribution is -0.155. The normalized spacial score (nSPS) is 13.9. The SMILES string of the molecule is CCCc1cc(C(=O)NCC(C)(O)C(=O)O)sc1C. The van der Waals surface area contributed by atoms with Gasteiger partial charge in [-0.25, -0.2) is 4.79 Å². The number of carbonyl (C=O) groups is 2. The Hall–Kier alpha value is -1.40. The van der Waals surface area contributed by atoms with Crippen molar-refractivity contribution in [2.45, 2.75) is 39.2 Å². The third kappa shape index (κ3) is 4.04. The number of nitrogens with one attached hydrogen (secondary N) is 1. The van der Waals surface area contributed by atoms with Crippen LogP contribution in [0.3, 0.4) is 0 Å². The van der Waals surface area contributed by atoms with Crippen molar-refractivity contribution in [3.05, 3.63) is 21.4 Å². The number of carboxylic acid groups (broad SMARTS) is 1. The highest BCUT2D eigenvalue weighted by Crippen LogP contribution is 2.22. The second-order valence-corrected chi connectivity index (χ2v) is 5.96. The van der Waals surface area contributed by atoms with Crippen molar-refractivity contribution in [2.24, 2.45) is 0 Å². The molecule has 1 atom stereocenters. The summed E-state index contributed by atoms with van der Waals surface area (Å²) in [5, 5.41) is 20.7. The molecule has 1 unspecified atom stereocenters. The van der Waals surface area contributed by atoms with Gasteiger partial charge in [0.05, 0.1) is 11.4 Å². The van der Waals surface area contributed by atoms with Gasteiger partial charge in [-0.05, 0) is 31.9 Å². The quantitative estimate of drug-likeness (QED) is 0.740. The summed E-state index contributed by atoms with van der Waals surface area (Å²) in [5.74, 6) is -1.71. The molecule has 1 aromatic rings. The summed E-state index contributed by atoms with van der Waals surface area (Å²) in [6, 6.07) is 1.83. The van der Waals surface area contributed by atoms with Crippen LogP contribution in [0.2, 0.25) is 0 Å². The summed E-state index contributed by atoms with van der Waals surface area (Å²) in [5.41, 5.74) is -0.809. The molecule has 0 fully saturated rings. The van der Waals surface area contributed by atoms with Crippen LogP contribution < -0.4 is 5.32 Å². The van der Waals surface area contributed by atoms with E-state index < -0.39 is 11.6 Å². The predicted molar refractivity (Wildman–Crippen MR) is 73.6 cm³/mol. The Morgan fingerprint density at radius 1 is 1.47 bits per heavy atom. The molecule has 0 spiro atoms. The third-order valence-corrected chi connectivity index (χ3v) is 3.91. The first-order valence-corrected chi connectivity index (χ1v) is 6.93. The molecule has 5 nitrogen and oxygen atoms in total. The largest absolute Gasteiger partial charge is 0.479 e. The third-order valence-electron chi connectivity index (χ3n) is 2.82. The second kappa shape index (κ2) is 6.16. The van der Waals surface area contributed by atoms with Crippen LogP contribution in [0.25, 0.3) is 0 Å². The van der Waals surface area contributed by atoms with Gasteiger partial charge in [-0.3, -0.25) is 4.79 Å². The maximum Gasteiger partial charge on any atom is 0.337 e. The van der Waals surface area contributed by atoms with E-state index in [1.165, 1.54) is 11.3 Å². The highest BCUT2D eigenvalue weighted by atomic mass is 32.1. The molecule has 0 aromatic carbocycles. The first kappa shape index (κ1) is 15.7. The van der Waals surface area contributed by atoms with E-state index in [2.05, 4.69) is 12.2 Å². The minimum absolute atomic E-state index is 0.318. The van der Waals surface area contributed by atoms with Gasteiger partial charge in [-0.2, -0.15) is 0 Å². The molecule has 1 heterocycles.